The molecule has 2 aromatic carbocycles. The summed E-state index contributed by atoms with van der Waals surface area (Å²) in [5, 5.41) is 0. The highest BCUT2D eigenvalue weighted by molar-refractivity contribution is 5.78. The van der Waals surface area contributed by atoms with Crippen LogP contribution in [0.25, 0.3) is 16.7 Å². The van der Waals surface area contributed by atoms with E-state index in [4.69, 9.17) is 4.74 Å². The first kappa shape index (κ1) is 24.4. The maximum absolute atomic E-state index is 14.3. The van der Waals surface area contributed by atoms with Crippen LogP contribution in [0.4, 0.5) is 8.78 Å². The van der Waals surface area contributed by atoms with Gasteiger partial charge in [-0.15, -0.1) is 0 Å². The van der Waals surface area contributed by atoms with Crippen LogP contribution in [0.2, 0.25) is 0 Å². The standard InChI is InChI=1S/C27H32F2O2/c1-6-7-8-9-10-19(2)31-25-17-15-24(16-18-25)23-13-11-22(12-14-23)20(3)26(28)27(29)21(4)30-5/h11-19H,3-4,6-10H2,1-2,5H3/b27-26-/t19-/m1/s1. The predicted molar refractivity (Wildman–Crippen MR) is 125 cm³/mol. The van der Waals surface area contributed by atoms with Gasteiger partial charge in [0.2, 0.25) is 5.83 Å². The third-order valence-corrected chi connectivity index (χ3v) is 5.17. The quantitative estimate of drug-likeness (QED) is 0.193. The molecule has 0 unspecified atom stereocenters. The van der Waals surface area contributed by atoms with Crippen molar-refractivity contribution in [2.45, 2.75) is 52.1 Å². The fourth-order valence-electron chi connectivity index (χ4n) is 3.21. The largest absolute Gasteiger partial charge is 0.494 e. The van der Waals surface area contributed by atoms with E-state index in [0.29, 0.717) is 5.56 Å². The number of hydrogen-bond donors (Lipinski definition) is 0. The molecule has 0 saturated carbocycles. The maximum Gasteiger partial charge on any atom is 0.200 e. The number of rotatable bonds is 12. The summed E-state index contributed by atoms with van der Waals surface area (Å²) in [4.78, 5) is 0. The van der Waals surface area contributed by atoms with Crippen molar-refractivity contribution in [2.24, 2.45) is 0 Å². The number of ether oxygens (including phenoxy) is 2. The van der Waals surface area contributed by atoms with Gasteiger partial charge < -0.3 is 9.47 Å². The Bertz CT molecular complexity index is 896. The summed E-state index contributed by atoms with van der Waals surface area (Å²) in [6, 6.07) is 15.0. The van der Waals surface area contributed by atoms with E-state index in [2.05, 4.69) is 31.7 Å². The summed E-state index contributed by atoms with van der Waals surface area (Å²) in [5.41, 5.74) is 2.40. The molecule has 0 aliphatic carbocycles. The van der Waals surface area contributed by atoms with Crippen LogP contribution in [-0.2, 0) is 4.74 Å². The zero-order chi connectivity index (χ0) is 22.8. The van der Waals surface area contributed by atoms with Crippen LogP contribution < -0.4 is 4.74 Å². The minimum absolute atomic E-state index is 0.0566. The van der Waals surface area contributed by atoms with E-state index in [-0.39, 0.29) is 17.4 Å². The van der Waals surface area contributed by atoms with Crippen molar-refractivity contribution in [3.05, 3.63) is 84.7 Å². The fourth-order valence-corrected chi connectivity index (χ4v) is 3.21. The van der Waals surface area contributed by atoms with Crippen molar-refractivity contribution in [3.8, 4) is 16.9 Å². The van der Waals surface area contributed by atoms with Crippen LogP contribution >= 0.6 is 0 Å². The highest BCUT2D eigenvalue weighted by Crippen LogP contribution is 2.31. The second-order valence-electron chi connectivity index (χ2n) is 7.61. The molecule has 2 nitrogen and oxygen atoms in total. The lowest BCUT2D eigenvalue weighted by Gasteiger charge is -2.15. The molecule has 4 heteroatoms. The zero-order valence-electron chi connectivity index (χ0n) is 18.7. The van der Waals surface area contributed by atoms with Gasteiger partial charge >= 0.3 is 0 Å². The molecule has 31 heavy (non-hydrogen) atoms. The van der Waals surface area contributed by atoms with Crippen LogP contribution in [0.5, 0.6) is 5.75 Å². The number of hydrogen-bond acceptors (Lipinski definition) is 2. The summed E-state index contributed by atoms with van der Waals surface area (Å²) in [6.45, 7) is 11.3. The van der Waals surface area contributed by atoms with Crippen LogP contribution in [0.1, 0.15) is 51.5 Å². The summed E-state index contributed by atoms with van der Waals surface area (Å²) < 4.78 is 38.8. The molecule has 0 aliphatic rings. The minimum atomic E-state index is -1.15. The molecular formula is C27H32F2O2. The average molecular weight is 427 g/mol. The monoisotopic (exact) mass is 426 g/mol. The first-order valence-electron chi connectivity index (χ1n) is 10.7. The van der Waals surface area contributed by atoms with Crippen molar-refractivity contribution >= 4 is 5.57 Å². The number of methoxy groups -OCH3 is 1. The topological polar surface area (TPSA) is 18.5 Å². The lowest BCUT2D eigenvalue weighted by Crippen LogP contribution is -2.11. The summed E-state index contributed by atoms with van der Waals surface area (Å²) >= 11 is 0. The molecule has 0 N–H and O–H groups in total. The van der Waals surface area contributed by atoms with E-state index in [1.54, 1.807) is 12.1 Å². The van der Waals surface area contributed by atoms with E-state index < -0.39 is 11.7 Å². The molecule has 2 rings (SSSR count). The Morgan fingerprint density at radius 2 is 1.45 bits per heavy atom. The Morgan fingerprint density at radius 1 is 0.871 bits per heavy atom. The number of unbranched alkanes of at least 4 members (excludes halogenated alkanes) is 3. The number of benzene rings is 2. The third-order valence-electron chi connectivity index (χ3n) is 5.17. The lowest BCUT2D eigenvalue weighted by atomic mass is 10.00. The maximum atomic E-state index is 14.3. The van der Waals surface area contributed by atoms with Gasteiger partial charge in [-0.3, -0.25) is 0 Å². The van der Waals surface area contributed by atoms with Crippen molar-refractivity contribution < 1.29 is 18.3 Å². The van der Waals surface area contributed by atoms with E-state index in [1.165, 1.54) is 32.8 Å². The molecule has 0 bridgehead atoms. The molecule has 0 amide bonds. The van der Waals surface area contributed by atoms with E-state index in [0.717, 1.165) is 23.3 Å². The van der Waals surface area contributed by atoms with E-state index >= 15 is 0 Å². The Balaban J connectivity index is 2.01. The molecule has 0 saturated heterocycles. The average Bonchev–Trinajstić information content (AvgIpc) is 2.80. The molecule has 0 aromatic heterocycles. The second kappa shape index (κ2) is 12.1. The normalized spacial score (nSPS) is 12.7. The Kier molecular flexibility index (Phi) is 9.51. The summed E-state index contributed by atoms with van der Waals surface area (Å²) in [7, 11) is 1.23. The molecular weight excluding hydrogens is 394 g/mol. The SMILES string of the molecule is C=C(OC)/C(F)=C(/F)C(=C)c1ccc(-c2ccc(O[C@H](C)CCCCCC)cc2)cc1. The summed E-state index contributed by atoms with van der Waals surface area (Å²) in [5.74, 6) is -1.75. The lowest BCUT2D eigenvalue weighted by molar-refractivity contribution is 0.206. The highest BCUT2D eigenvalue weighted by atomic mass is 19.2. The summed E-state index contributed by atoms with van der Waals surface area (Å²) in [6.07, 6.45) is 6.18. The van der Waals surface area contributed by atoms with Crippen molar-refractivity contribution in [1.29, 1.82) is 0 Å². The molecule has 1 atom stereocenters. The Labute approximate surface area is 184 Å². The van der Waals surface area contributed by atoms with Crippen LogP contribution in [0.15, 0.2) is 79.1 Å². The Hall–Kier alpha value is -2.88. The Morgan fingerprint density at radius 3 is 2.00 bits per heavy atom. The fraction of sp³-hybridized carbons (Fsp3) is 0.333. The van der Waals surface area contributed by atoms with Gasteiger partial charge in [0.25, 0.3) is 0 Å². The molecule has 0 fully saturated rings. The van der Waals surface area contributed by atoms with Gasteiger partial charge in [-0.05, 0) is 48.6 Å². The van der Waals surface area contributed by atoms with Crippen molar-refractivity contribution in [2.75, 3.05) is 7.11 Å². The van der Waals surface area contributed by atoms with Gasteiger partial charge in [-0.25, -0.2) is 4.39 Å². The highest BCUT2D eigenvalue weighted by Gasteiger charge is 2.15. The van der Waals surface area contributed by atoms with Gasteiger partial charge in [0, 0.05) is 5.57 Å². The smallest absolute Gasteiger partial charge is 0.200 e. The van der Waals surface area contributed by atoms with Gasteiger partial charge in [-0.2, -0.15) is 4.39 Å². The van der Waals surface area contributed by atoms with Crippen LogP contribution in [-0.4, -0.2) is 13.2 Å². The van der Waals surface area contributed by atoms with Gasteiger partial charge in [0.05, 0.1) is 13.2 Å². The van der Waals surface area contributed by atoms with E-state index in [9.17, 15) is 8.78 Å². The molecule has 0 radical (unpaired) electrons. The van der Waals surface area contributed by atoms with E-state index in [1.807, 2.05) is 36.4 Å². The predicted octanol–water partition coefficient (Wildman–Crippen LogP) is 8.42. The second-order valence-corrected chi connectivity index (χ2v) is 7.61. The molecule has 166 valence electrons. The van der Waals surface area contributed by atoms with Crippen molar-refractivity contribution in [1.82, 2.24) is 0 Å². The first-order valence-corrected chi connectivity index (χ1v) is 10.7. The molecule has 2 aromatic rings. The van der Waals surface area contributed by atoms with Crippen LogP contribution in [0, 0.1) is 0 Å². The van der Waals surface area contributed by atoms with Gasteiger partial charge in [-0.1, -0.05) is 75.7 Å². The molecule has 0 heterocycles. The minimum Gasteiger partial charge on any atom is -0.494 e. The van der Waals surface area contributed by atoms with Gasteiger partial charge in [0.15, 0.2) is 5.83 Å². The first-order chi connectivity index (χ1) is 14.9. The third kappa shape index (κ3) is 7.09. The number of allylic oxidation sites excluding steroid dienone is 3. The van der Waals surface area contributed by atoms with Crippen molar-refractivity contribution in [3.63, 3.8) is 0 Å². The van der Waals surface area contributed by atoms with Gasteiger partial charge in [0.1, 0.15) is 11.5 Å². The molecule has 0 spiro atoms. The zero-order valence-corrected chi connectivity index (χ0v) is 18.7. The van der Waals surface area contributed by atoms with Crippen LogP contribution in [0.3, 0.4) is 0 Å². The number of halogens is 2. The molecule has 0 aliphatic heterocycles.